The van der Waals surface area contributed by atoms with Crippen molar-refractivity contribution < 1.29 is 45.0 Å². The van der Waals surface area contributed by atoms with Crippen molar-refractivity contribution in [3.8, 4) is 0 Å². The number of aliphatic hydroxyl groups excluding tert-OH is 3. The molecule has 0 aromatic heterocycles. The quantitative estimate of drug-likeness (QED) is 0.334. The lowest BCUT2D eigenvalue weighted by molar-refractivity contribution is -0.146. The van der Waals surface area contributed by atoms with Crippen LogP contribution in [0, 0.1) is 0 Å². The third kappa shape index (κ3) is 44.9. The smallest absolute Gasteiger partial charge is 0.332 e. The van der Waals surface area contributed by atoms with E-state index in [4.69, 9.17) is 30.6 Å². The van der Waals surface area contributed by atoms with Gasteiger partial charge in [0, 0.05) is 10.2 Å². The topological polar surface area (TPSA) is 173 Å². The van der Waals surface area contributed by atoms with Gasteiger partial charge in [-0.15, -0.1) is 0 Å². The number of carbonyl (C=O) groups is 3. The fraction of sp³-hybridized carbons (Fsp3) is 0.769. The maximum atomic E-state index is 9.45. The zero-order valence-corrected chi connectivity index (χ0v) is 16.3. The lowest BCUT2D eigenvalue weighted by Crippen LogP contribution is -2.13. The van der Waals surface area contributed by atoms with Crippen LogP contribution in [-0.2, 0) is 14.4 Å². The molecule has 0 saturated carbocycles. The maximum Gasteiger partial charge on any atom is 0.332 e. The predicted molar refractivity (Wildman–Crippen MR) is 87.6 cm³/mol. The molecule has 0 amide bonds. The SMILES string of the molecule is CC(O)C(=O)O.CC(O)C(=O)O.CC(O)C(=O)O.CCCC[SiH3]. The third-order valence-electron chi connectivity index (χ3n) is 1.78. The standard InChI is InChI=1S/C4H12Si.3C3H6O3/c1-2-3-4-5;3*1-2(4)3(5)6/h2-4H2,1,5H3;3*2,4H,1H3,(H,5,6). The van der Waals surface area contributed by atoms with Crippen molar-refractivity contribution in [2.24, 2.45) is 0 Å². The molecule has 6 N–H and O–H groups in total. The number of rotatable bonds is 5. The molecule has 0 heterocycles. The van der Waals surface area contributed by atoms with Gasteiger partial charge in [0.1, 0.15) is 18.3 Å². The van der Waals surface area contributed by atoms with E-state index in [-0.39, 0.29) is 0 Å². The van der Waals surface area contributed by atoms with Gasteiger partial charge in [0.05, 0.1) is 0 Å². The Bertz CT molecular complexity index is 259. The van der Waals surface area contributed by atoms with Gasteiger partial charge in [0.2, 0.25) is 0 Å². The molecule has 23 heavy (non-hydrogen) atoms. The lowest BCUT2D eigenvalue weighted by Gasteiger charge is -1.89. The van der Waals surface area contributed by atoms with Gasteiger partial charge in [-0.1, -0.05) is 25.8 Å². The Morgan fingerprint density at radius 3 is 0.957 bits per heavy atom. The molecule has 0 aromatic carbocycles. The summed E-state index contributed by atoms with van der Waals surface area (Å²) in [7, 11) is 1.40. The Kier molecular flexibility index (Phi) is 26.3. The van der Waals surface area contributed by atoms with Crippen molar-refractivity contribution in [2.45, 2.75) is 64.9 Å². The van der Waals surface area contributed by atoms with Crippen LogP contribution in [0.3, 0.4) is 0 Å². The highest BCUT2D eigenvalue weighted by molar-refractivity contribution is 6.08. The average Bonchev–Trinajstić information content (AvgIpc) is 2.41. The van der Waals surface area contributed by atoms with Crippen molar-refractivity contribution >= 4 is 28.2 Å². The molecule has 3 unspecified atom stereocenters. The van der Waals surface area contributed by atoms with Crippen LogP contribution >= 0.6 is 0 Å². The number of hydrogen-bond acceptors (Lipinski definition) is 6. The second-order valence-corrected chi connectivity index (χ2v) is 5.40. The molecule has 0 aliphatic heterocycles. The average molecular weight is 358 g/mol. The summed E-state index contributed by atoms with van der Waals surface area (Å²) in [6.45, 7) is 5.82. The van der Waals surface area contributed by atoms with Gasteiger partial charge >= 0.3 is 17.9 Å². The van der Waals surface area contributed by atoms with E-state index in [1.165, 1.54) is 49.9 Å². The predicted octanol–water partition coefficient (Wildman–Crippen LogP) is -1.07. The van der Waals surface area contributed by atoms with Gasteiger partial charge in [-0.3, -0.25) is 0 Å². The molecular weight excluding hydrogens is 328 g/mol. The van der Waals surface area contributed by atoms with Crippen molar-refractivity contribution in [3.63, 3.8) is 0 Å². The third-order valence-corrected chi connectivity index (χ3v) is 2.49. The van der Waals surface area contributed by atoms with E-state index in [0.29, 0.717) is 0 Å². The molecule has 0 radical (unpaired) electrons. The number of unbranched alkanes of at least 4 members (excludes halogenated alkanes) is 1. The Morgan fingerprint density at radius 1 is 0.783 bits per heavy atom. The van der Waals surface area contributed by atoms with Crippen LogP contribution in [-0.4, -0.2) is 77.1 Å². The second-order valence-electron chi connectivity index (χ2n) is 4.40. The summed E-state index contributed by atoms with van der Waals surface area (Å²) in [5.41, 5.74) is 0. The first kappa shape index (κ1) is 29.5. The summed E-state index contributed by atoms with van der Waals surface area (Å²) >= 11 is 0. The lowest BCUT2D eigenvalue weighted by atomic mass is 10.4. The van der Waals surface area contributed by atoms with Gasteiger partial charge in [0.15, 0.2) is 0 Å². The van der Waals surface area contributed by atoms with E-state index >= 15 is 0 Å². The van der Waals surface area contributed by atoms with Crippen LogP contribution in [0.4, 0.5) is 0 Å². The summed E-state index contributed by atoms with van der Waals surface area (Å²) < 4.78 is 0. The Hall–Kier alpha value is -1.49. The molecule has 0 rings (SSSR count). The number of hydrogen-bond donors (Lipinski definition) is 6. The minimum Gasteiger partial charge on any atom is -0.479 e. The molecule has 0 spiro atoms. The Balaban J connectivity index is -0.000000105. The number of aliphatic hydroxyl groups is 3. The summed E-state index contributed by atoms with van der Waals surface area (Å²) in [5, 5.41) is 47.3. The minimum atomic E-state index is -1.23. The van der Waals surface area contributed by atoms with Gasteiger partial charge in [-0.2, -0.15) is 0 Å². The molecule has 9 nitrogen and oxygen atoms in total. The van der Waals surface area contributed by atoms with Crippen LogP contribution in [0.25, 0.3) is 0 Å². The molecule has 0 aliphatic carbocycles. The molecule has 140 valence electrons. The highest BCUT2D eigenvalue weighted by atomic mass is 28.1. The number of carboxylic acids is 3. The monoisotopic (exact) mass is 358 g/mol. The van der Waals surface area contributed by atoms with E-state index in [2.05, 4.69) is 6.92 Å². The van der Waals surface area contributed by atoms with Crippen molar-refractivity contribution in [3.05, 3.63) is 0 Å². The largest absolute Gasteiger partial charge is 0.479 e. The van der Waals surface area contributed by atoms with Gasteiger partial charge in [-0.25, -0.2) is 14.4 Å². The second kappa shape index (κ2) is 20.5. The van der Waals surface area contributed by atoms with E-state index in [1.54, 1.807) is 0 Å². The summed E-state index contributed by atoms with van der Waals surface area (Å²) in [6, 6.07) is 1.48. The fourth-order valence-corrected chi connectivity index (χ4v) is 1.06. The van der Waals surface area contributed by atoms with E-state index < -0.39 is 36.2 Å². The van der Waals surface area contributed by atoms with Crippen LogP contribution in [0.15, 0.2) is 0 Å². The van der Waals surface area contributed by atoms with Gasteiger partial charge in [0.25, 0.3) is 0 Å². The van der Waals surface area contributed by atoms with E-state index in [0.717, 1.165) is 0 Å². The highest BCUT2D eigenvalue weighted by Gasteiger charge is 2.02. The van der Waals surface area contributed by atoms with Crippen molar-refractivity contribution in [1.82, 2.24) is 0 Å². The number of aliphatic carboxylic acids is 3. The number of carboxylic acid groups (broad SMARTS) is 3. The van der Waals surface area contributed by atoms with E-state index in [1.807, 2.05) is 0 Å². The first-order chi connectivity index (χ1) is 10.3. The highest BCUT2D eigenvalue weighted by Crippen LogP contribution is 1.86. The molecule has 3 atom stereocenters. The minimum absolute atomic E-state index is 1.19. The van der Waals surface area contributed by atoms with Crippen LogP contribution in [0.2, 0.25) is 6.04 Å². The first-order valence-electron chi connectivity index (χ1n) is 7.07. The zero-order chi connectivity index (χ0) is 19.6. The summed E-state index contributed by atoms with van der Waals surface area (Å²) in [5.74, 6) is -3.56. The molecule has 0 saturated heterocycles. The fourth-order valence-electron chi connectivity index (χ4n) is 0.354. The van der Waals surface area contributed by atoms with Crippen LogP contribution in [0.5, 0.6) is 0 Å². The molecule has 0 fully saturated rings. The van der Waals surface area contributed by atoms with Crippen LogP contribution in [0.1, 0.15) is 40.5 Å². The van der Waals surface area contributed by atoms with Gasteiger partial charge in [-0.05, 0) is 20.8 Å². The van der Waals surface area contributed by atoms with Gasteiger partial charge < -0.3 is 30.6 Å². The first-order valence-corrected chi connectivity index (χ1v) is 8.48. The Labute approximate surface area is 139 Å². The zero-order valence-electron chi connectivity index (χ0n) is 14.3. The summed E-state index contributed by atoms with van der Waals surface area (Å²) in [6.07, 6.45) is -0.865. The van der Waals surface area contributed by atoms with Crippen LogP contribution < -0.4 is 0 Å². The van der Waals surface area contributed by atoms with E-state index in [9.17, 15) is 14.4 Å². The molecule has 10 heteroatoms. The summed E-state index contributed by atoms with van der Waals surface area (Å²) in [4.78, 5) is 28.3. The van der Waals surface area contributed by atoms with Crippen molar-refractivity contribution in [2.75, 3.05) is 0 Å². The maximum absolute atomic E-state index is 9.45. The molecule has 0 aliphatic rings. The van der Waals surface area contributed by atoms with Crippen molar-refractivity contribution in [1.29, 1.82) is 0 Å². The molecular formula is C13H30O9Si. The molecule has 0 bridgehead atoms. The molecule has 0 aromatic rings. The normalized spacial score (nSPS) is 12.7. The Morgan fingerprint density at radius 2 is 0.957 bits per heavy atom.